The minimum Gasteiger partial charge on any atom is -0.496 e. The highest BCUT2D eigenvalue weighted by Crippen LogP contribution is 2.44. The lowest BCUT2D eigenvalue weighted by Crippen LogP contribution is -2.38. The quantitative estimate of drug-likeness (QED) is 0.194. The highest BCUT2D eigenvalue weighted by Gasteiger charge is 2.41. The number of nitrogens with zero attached hydrogens (tertiary/aromatic N) is 3. The third kappa shape index (κ3) is 4.31. The number of fused-ring (bicyclic) bond motifs is 1. The molecule has 5 heteroatoms. The molecule has 0 bridgehead atoms. The zero-order chi connectivity index (χ0) is 27.4. The number of rotatable bonds is 8. The van der Waals surface area contributed by atoms with Gasteiger partial charge in [0.05, 0.1) is 30.8 Å². The van der Waals surface area contributed by atoms with Gasteiger partial charge in [0.1, 0.15) is 11.3 Å². The predicted molar refractivity (Wildman–Crippen MR) is 161 cm³/mol. The second-order valence-corrected chi connectivity index (χ2v) is 9.43. The number of benzene rings is 4. The van der Waals surface area contributed by atoms with Crippen molar-refractivity contribution >= 4 is 23.1 Å². The maximum absolute atomic E-state index is 5.88. The third-order valence-electron chi connectivity index (χ3n) is 7.21. The van der Waals surface area contributed by atoms with E-state index in [2.05, 4.69) is 88.5 Å². The van der Waals surface area contributed by atoms with Crippen LogP contribution in [0.1, 0.15) is 27.9 Å². The topological polar surface area (TPSA) is 49.2 Å². The van der Waals surface area contributed by atoms with E-state index in [1.165, 1.54) is 0 Å². The fourth-order valence-electron chi connectivity index (χ4n) is 5.40. The Labute approximate surface area is 234 Å². The van der Waals surface area contributed by atoms with Gasteiger partial charge in [-0.15, -0.1) is 0 Å². The summed E-state index contributed by atoms with van der Waals surface area (Å²) in [5, 5.41) is 6.29. The van der Waals surface area contributed by atoms with Gasteiger partial charge in [0.15, 0.2) is 0 Å². The molecule has 0 N–H and O–H groups in total. The first-order valence-corrected chi connectivity index (χ1v) is 13.2. The van der Waals surface area contributed by atoms with Crippen LogP contribution in [0.5, 0.6) is 11.6 Å². The van der Waals surface area contributed by atoms with E-state index >= 15 is 0 Å². The molecule has 0 fully saturated rings. The van der Waals surface area contributed by atoms with Crippen LogP contribution in [0, 0.1) is 0 Å². The smallest absolute Gasteiger partial charge is 0.212 e. The van der Waals surface area contributed by atoms with Crippen molar-refractivity contribution < 1.29 is 9.47 Å². The lowest BCUT2D eigenvalue weighted by Gasteiger charge is -2.37. The summed E-state index contributed by atoms with van der Waals surface area (Å²) < 4.78 is 13.2. The average Bonchev–Trinajstić information content (AvgIpc) is 3.41. The highest BCUT2D eigenvalue weighted by molar-refractivity contribution is 5.95. The SMILES string of the molecule is COc1ccc(/C=C/c2nn(C(c3ccccc3)(c3ccccc3)c3ccccc3)c3cccc(OC)c23)cn1. The van der Waals surface area contributed by atoms with Crippen LogP contribution in [-0.4, -0.2) is 29.0 Å². The summed E-state index contributed by atoms with van der Waals surface area (Å²) in [6, 6.07) is 41.6. The monoisotopic (exact) mass is 523 g/mol. The summed E-state index contributed by atoms with van der Waals surface area (Å²) in [7, 11) is 3.31. The zero-order valence-corrected chi connectivity index (χ0v) is 22.4. The second kappa shape index (κ2) is 10.9. The van der Waals surface area contributed by atoms with E-state index in [9.17, 15) is 0 Å². The Bertz CT molecular complexity index is 1650. The first-order chi connectivity index (χ1) is 19.8. The number of methoxy groups -OCH3 is 2. The molecule has 5 nitrogen and oxygen atoms in total. The minimum atomic E-state index is -0.748. The maximum atomic E-state index is 5.88. The lowest BCUT2D eigenvalue weighted by atomic mass is 9.77. The molecule has 196 valence electrons. The molecule has 6 aromatic rings. The summed E-state index contributed by atoms with van der Waals surface area (Å²) in [6.45, 7) is 0. The van der Waals surface area contributed by atoms with E-state index in [-0.39, 0.29) is 0 Å². The van der Waals surface area contributed by atoms with Gasteiger partial charge < -0.3 is 9.47 Å². The van der Waals surface area contributed by atoms with Crippen molar-refractivity contribution in [1.29, 1.82) is 0 Å². The summed E-state index contributed by atoms with van der Waals surface area (Å²) in [5.74, 6) is 1.34. The Kier molecular flexibility index (Phi) is 6.86. The molecule has 4 aromatic carbocycles. The van der Waals surface area contributed by atoms with Crippen molar-refractivity contribution in [2.45, 2.75) is 5.54 Å². The molecular weight excluding hydrogens is 494 g/mol. The van der Waals surface area contributed by atoms with Crippen molar-refractivity contribution in [3.8, 4) is 11.6 Å². The Morgan fingerprint density at radius 2 is 1.23 bits per heavy atom. The fourth-order valence-corrected chi connectivity index (χ4v) is 5.40. The van der Waals surface area contributed by atoms with Gasteiger partial charge in [0, 0.05) is 12.3 Å². The second-order valence-electron chi connectivity index (χ2n) is 9.43. The zero-order valence-electron chi connectivity index (χ0n) is 22.4. The predicted octanol–water partition coefficient (Wildman–Crippen LogP) is 7.46. The van der Waals surface area contributed by atoms with Gasteiger partial charge in [-0.25, -0.2) is 9.67 Å². The lowest BCUT2D eigenvalue weighted by molar-refractivity contribution is 0.398. The van der Waals surface area contributed by atoms with E-state index in [4.69, 9.17) is 14.6 Å². The fraction of sp³-hybridized carbons (Fsp3) is 0.0857. The maximum Gasteiger partial charge on any atom is 0.212 e. The Hall–Kier alpha value is -5.16. The molecule has 0 unspecified atom stereocenters. The van der Waals surface area contributed by atoms with Crippen LogP contribution in [-0.2, 0) is 5.54 Å². The van der Waals surface area contributed by atoms with E-state index in [1.807, 2.05) is 54.6 Å². The molecule has 0 saturated heterocycles. The van der Waals surface area contributed by atoms with Crippen molar-refractivity contribution in [2.75, 3.05) is 14.2 Å². The van der Waals surface area contributed by atoms with Crippen LogP contribution in [0.3, 0.4) is 0 Å². The molecule has 40 heavy (non-hydrogen) atoms. The molecule has 0 aliphatic heterocycles. The molecule has 2 heterocycles. The van der Waals surface area contributed by atoms with E-state index in [0.29, 0.717) is 5.88 Å². The summed E-state index contributed by atoms with van der Waals surface area (Å²) in [5.41, 5.74) is 5.28. The molecular formula is C35H29N3O2. The molecule has 0 atom stereocenters. The van der Waals surface area contributed by atoms with Crippen LogP contribution in [0.25, 0.3) is 23.1 Å². The van der Waals surface area contributed by atoms with Gasteiger partial charge in [0.25, 0.3) is 0 Å². The summed E-state index contributed by atoms with van der Waals surface area (Å²) >= 11 is 0. The third-order valence-corrected chi connectivity index (χ3v) is 7.21. The number of pyridine rings is 1. The first kappa shape index (κ1) is 25.1. The van der Waals surface area contributed by atoms with E-state index < -0.39 is 5.54 Å². The molecule has 2 aromatic heterocycles. The van der Waals surface area contributed by atoms with Crippen LogP contribution >= 0.6 is 0 Å². The van der Waals surface area contributed by atoms with Gasteiger partial charge in [-0.1, -0.05) is 103 Å². The van der Waals surface area contributed by atoms with Gasteiger partial charge in [-0.2, -0.15) is 5.10 Å². The van der Waals surface area contributed by atoms with Crippen LogP contribution in [0.4, 0.5) is 0 Å². The Morgan fingerprint density at radius 1 is 0.625 bits per heavy atom. The summed E-state index contributed by atoms with van der Waals surface area (Å²) in [6.07, 6.45) is 5.82. The normalized spacial score (nSPS) is 11.7. The Balaban J connectivity index is 1.68. The van der Waals surface area contributed by atoms with Gasteiger partial charge >= 0.3 is 0 Å². The minimum absolute atomic E-state index is 0.576. The van der Waals surface area contributed by atoms with Gasteiger partial charge in [-0.3, -0.25) is 0 Å². The van der Waals surface area contributed by atoms with Crippen molar-refractivity contribution in [1.82, 2.24) is 14.8 Å². The molecule has 0 aliphatic rings. The van der Waals surface area contributed by atoms with Crippen molar-refractivity contribution in [3.05, 3.63) is 155 Å². The van der Waals surface area contributed by atoms with Crippen LogP contribution < -0.4 is 9.47 Å². The van der Waals surface area contributed by atoms with Gasteiger partial charge in [0.2, 0.25) is 5.88 Å². The van der Waals surface area contributed by atoms with Crippen LogP contribution in [0.15, 0.2) is 128 Å². The van der Waals surface area contributed by atoms with Crippen LogP contribution in [0.2, 0.25) is 0 Å². The number of hydrogen-bond acceptors (Lipinski definition) is 4. The highest BCUT2D eigenvalue weighted by atomic mass is 16.5. The summed E-state index contributed by atoms with van der Waals surface area (Å²) in [4.78, 5) is 4.35. The first-order valence-electron chi connectivity index (χ1n) is 13.2. The number of ether oxygens (including phenoxy) is 2. The largest absolute Gasteiger partial charge is 0.496 e. The molecule has 0 saturated carbocycles. The molecule has 6 rings (SSSR count). The standard InChI is InChI=1S/C35H29N3O2/c1-39-32-20-12-19-31-34(32)30(23-21-26-22-24-33(40-2)36-25-26)37-38(31)35(27-13-6-3-7-14-27,28-15-8-4-9-16-28)29-17-10-5-11-18-29/h3-25H,1-2H3/b23-21+. The molecule has 0 amide bonds. The number of hydrogen-bond donors (Lipinski definition) is 0. The number of aromatic nitrogens is 3. The molecule has 0 spiro atoms. The van der Waals surface area contributed by atoms with Crippen molar-refractivity contribution in [2.24, 2.45) is 0 Å². The van der Waals surface area contributed by atoms with E-state index in [1.54, 1.807) is 20.4 Å². The Morgan fingerprint density at radius 3 is 1.73 bits per heavy atom. The van der Waals surface area contributed by atoms with Gasteiger partial charge in [-0.05, 0) is 46.5 Å². The van der Waals surface area contributed by atoms with Crippen molar-refractivity contribution in [3.63, 3.8) is 0 Å². The van der Waals surface area contributed by atoms with E-state index in [0.717, 1.165) is 44.6 Å². The molecule has 0 aliphatic carbocycles. The average molecular weight is 524 g/mol. The molecule has 0 radical (unpaired) electrons.